The summed E-state index contributed by atoms with van der Waals surface area (Å²) in [6.07, 6.45) is 1.35. The van der Waals surface area contributed by atoms with Crippen molar-refractivity contribution in [2.45, 2.75) is 31.6 Å². The van der Waals surface area contributed by atoms with E-state index in [1.54, 1.807) is 13.0 Å². The second kappa shape index (κ2) is 8.12. The van der Waals surface area contributed by atoms with Crippen molar-refractivity contribution in [2.24, 2.45) is 5.92 Å². The monoisotopic (exact) mass is 450 g/mol. The van der Waals surface area contributed by atoms with Gasteiger partial charge in [0.25, 0.3) is 0 Å². The first kappa shape index (κ1) is 20.0. The van der Waals surface area contributed by atoms with E-state index >= 15 is 0 Å². The van der Waals surface area contributed by atoms with E-state index in [9.17, 15) is 13.2 Å². The Hall–Kier alpha value is -1.70. The van der Waals surface area contributed by atoms with Gasteiger partial charge in [-0.15, -0.1) is 0 Å². The minimum Gasteiger partial charge on any atom is -0.326 e. The maximum absolute atomic E-state index is 13.1. The highest BCUT2D eigenvalue weighted by Gasteiger charge is 2.34. The molecule has 5 nitrogen and oxygen atoms in total. The highest BCUT2D eigenvalue weighted by molar-refractivity contribution is 9.10. The fourth-order valence-electron chi connectivity index (χ4n) is 3.31. The molecule has 1 fully saturated rings. The van der Waals surface area contributed by atoms with Crippen molar-refractivity contribution < 1.29 is 13.2 Å². The standard InChI is InChI=1S/C20H23BrN2O3S/c1-14-8-9-15(2)19(11-14)27(25,26)23-10-4-5-16(13-23)20(24)22-18-7-3-6-17(21)12-18/h3,6-9,11-12,16H,4-5,10,13H2,1-2H3,(H,22,24). The number of carbonyl (C=O) groups is 1. The van der Waals surface area contributed by atoms with Crippen LogP contribution in [0.5, 0.6) is 0 Å². The molecule has 27 heavy (non-hydrogen) atoms. The molecular formula is C20H23BrN2O3S. The summed E-state index contributed by atoms with van der Waals surface area (Å²) in [5, 5.41) is 2.89. The Balaban J connectivity index is 1.77. The number of rotatable bonds is 4. The van der Waals surface area contributed by atoms with Gasteiger partial charge in [0.2, 0.25) is 15.9 Å². The number of nitrogens with zero attached hydrogens (tertiary/aromatic N) is 1. The molecule has 2 aromatic rings. The highest BCUT2D eigenvalue weighted by atomic mass is 79.9. The maximum atomic E-state index is 13.1. The van der Waals surface area contributed by atoms with E-state index < -0.39 is 10.0 Å². The van der Waals surface area contributed by atoms with Crippen molar-refractivity contribution >= 4 is 37.5 Å². The lowest BCUT2D eigenvalue weighted by molar-refractivity contribution is -0.120. The number of hydrogen-bond acceptors (Lipinski definition) is 3. The van der Waals surface area contributed by atoms with Crippen molar-refractivity contribution in [2.75, 3.05) is 18.4 Å². The van der Waals surface area contributed by atoms with Crippen molar-refractivity contribution in [3.8, 4) is 0 Å². The van der Waals surface area contributed by atoms with Gasteiger partial charge in [-0.05, 0) is 62.1 Å². The number of nitrogens with one attached hydrogen (secondary N) is 1. The van der Waals surface area contributed by atoms with Gasteiger partial charge in [-0.3, -0.25) is 4.79 Å². The fourth-order valence-corrected chi connectivity index (χ4v) is 5.54. The number of sulfonamides is 1. The number of aryl methyl sites for hydroxylation is 2. The van der Waals surface area contributed by atoms with Gasteiger partial charge in [-0.25, -0.2) is 8.42 Å². The molecule has 1 aliphatic rings. The molecule has 7 heteroatoms. The average Bonchev–Trinajstić information content (AvgIpc) is 2.63. The van der Waals surface area contributed by atoms with Crippen LogP contribution in [0.2, 0.25) is 0 Å². The van der Waals surface area contributed by atoms with Crippen LogP contribution in [0.1, 0.15) is 24.0 Å². The van der Waals surface area contributed by atoms with Gasteiger partial charge in [0, 0.05) is 23.2 Å². The first-order valence-corrected chi connectivity index (χ1v) is 11.1. The van der Waals surface area contributed by atoms with Gasteiger partial charge < -0.3 is 5.32 Å². The summed E-state index contributed by atoms with van der Waals surface area (Å²) < 4.78 is 28.6. The summed E-state index contributed by atoms with van der Waals surface area (Å²) in [5.41, 5.74) is 2.32. The molecule has 1 unspecified atom stereocenters. The largest absolute Gasteiger partial charge is 0.326 e. The van der Waals surface area contributed by atoms with Crippen molar-refractivity contribution in [3.05, 3.63) is 58.1 Å². The Morgan fingerprint density at radius 3 is 2.70 bits per heavy atom. The summed E-state index contributed by atoms with van der Waals surface area (Å²) in [4.78, 5) is 13.0. The van der Waals surface area contributed by atoms with Gasteiger partial charge in [-0.2, -0.15) is 4.31 Å². The third-order valence-electron chi connectivity index (χ3n) is 4.81. The summed E-state index contributed by atoms with van der Waals surface area (Å²) >= 11 is 3.38. The summed E-state index contributed by atoms with van der Waals surface area (Å²) in [5.74, 6) is -0.508. The molecule has 0 aliphatic carbocycles. The van der Waals surface area contributed by atoms with Crippen LogP contribution in [0.25, 0.3) is 0 Å². The highest BCUT2D eigenvalue weighted by Crippen LogP contribution is 2.27. The summed E-state index contributed by atoms with van der Waals surface area (Å²) in [7, 11) is -3.62. The smallest absolute Gasteiger partial charge is 0.243 e. The van der Waals surface area contributed by atoms with Crippen LogP contribution < -0.4 is 5.32 Å². The minimum atomic E-state index is -3.62. The molecule has 0 spiro atoms. The molecule has 0 bridgehead atoms. The molecule has 144 valence electrons. The topological polar surface area (TPSA) is 66.5 Å². The van der Waals surface area contributed by atoms with Crippen molar-refractivity contribution in [1.29, 1.82) is 0 Å². The molecule has 1 amide bonds. The zero-order valence-corrected chi connectivity index (χ0v) is 17.8. The van der Waals surface area contributed by atoms with E-state index in [0.29, 0.717) is 30.0 Å². The molecule has 0 aromatic heterocycles. The molecular weight excluding hydrogens is 428 g/mol. The van der Waals surface area contributed by atoms with Crippen LogP contribution in [-0.2, 0) is 14.8 Å². The number of amides is 1. The zero-order chi connectivity index (χ0) is 19.6. The second-order valence-electron chi connectivity index (χ2n) is 6.97. The maximum Gasteiger partial charge on any atom is 0.243 e. The van der Waals surface area contributed by atoms with Gasteiger partial charge >= 0.3 is 0 Å². The molecule has 2 aromatic carbocycles. The predicted molar refractivity (Wildman–Crippen MR) is 110 cm³/mol. The number of anilines is 1. The molecule has 1 N–H and O–H groups in total. The van der Waals surface area contributed by atoms with E-state index in [0.717, 1.165) is 15.6 Å². The van der Waals surface area contributed by atoms with Crippen LogP contribution in [-0.4, -0.2) is 31.7 Å². The Bertz CT molecular complexity index is 959. The Morgan fingerprint density at radius 2 is 1.96 bits per heavy atom. The number of piperidine rings is 1. The fraction of sp³-hybridized carbons (Fsp3) is 0.350. The molecule has 1 aliphatic heterocycles. The van der Waals surface area contributed by atoms with E-state index in [1.165, 1.54) is 4.31 Å². The lowest BCUT2D eigenvalue weighted by atomic mass is 9.99. The second-order valence-corrected chi connectivity index (χ2v) is 9.79. The normalized spacial score (nSPS) is 18.3. The zero-order valence-electron chi connectivity index (χ0n) is 15.4. The number of carbonyl (C=O) groups excluding carboxylic acids is 1. The Kier molecular flexibility index (Phi) is 6.03. The van der Waals surface area contributed by atoms with E-state index in [-0.39, 0.29) is 18.4 Å². The average molecular weight is 451 g/mol. The molecule has 1 heterocycles. The first-order chi connectivity index (χ1) is 12.8. The van der Waals surface area contributed by atoms with E-state index in [4.69, 9.17) is 0 Å². The number of halogens is 1. The van der Waals surface area contributed by atoms with Crippen LogP contribution in [0, 0.1) is 19.8 Å². The molecule has 0 saturated carbocycles. The van der Waals surface area contributed by atoms with Gasteiger partial charge in [0.05, 0.1) is 10.8 Å². The minimum absolute atomic E-state index is 0.144. The van der Waals surface area contributed by atoms with Crippen LogP contribution in [0.4, 0.5) is 5.69 Å². The van der Waals surface area contributed by atoms with E-state index in [2.05, 4.69) is 21.2 Å². The van der Waals surface area contributed by atoms with Crippen LogP contribution in [0.3, 0.4) is 0 Å². The van der Waals surface area contributed by atoms with Gasteiger partial charge in [0.15, 0.2) is 0 Å². The third kappa shape index (κ3) is 4.59. The quantitative estimate of drug-likeness (QED) is 0.761. The van der Waals surface area contributed by atoms with Gasteiger partial charge in [0.1, 0.15) is 0 Å². The summed E-state index contributed by atoms with van der Waals surface area (Å²) in [6, 6.07) is 12.8. The van der Waals surface area contributed by atoms with Crippen LogP contribution in [0.15, 0.2) is 51.8 Å². The lowest BCUT2D eigenvalue weighted by Crippen LogP contribution is -2.43. The predicted octanol–water partition coefficient (Wildman–Crippen LogP) is 4.11. The van der Waals surface area contributed by atoms with Crippen molar-refractivity contribution in [1.82, 2.24) is 4.31 Å². The third-order valence-corrected chi connectivity index (χ3v) is 7.31. The SMILES string of the molecule is Cc1ccc(C)c(S(=O)(=O)N2CCCC(C(=O)Nc3cccc(Br)c3)C2)c1. The van der Waals surface area contributed by atoms with Crippen molar-refractivity contribution in [3.63, 3.8) is 0 Å². The summed E-state index contributed by atoms with van der Waals surface area (Å²) in [6.45, 7) is 4.32. The van der Waals surface area contributed by atoms with Crippen LogP contribution >= 0.6 is 15.9 Å². The lowest BCUT2D eigenvalue weighted by Gasteiger charge is -2.31. The van der Waals surface area contributed by atoms with E-state index in [1.807, 2.05) is 43.3 Å². The Morgan fingerprint density at radius 1 is 1.19 bits per heavy atom. The molecule has 0 radical (unpaired) electrons. The molecule has 1 atom stereocenters. The number of benzene rings is 2. The molecule has 3 rings (SSSR count). The van der Waals surface area contributed by atoms with Gasteiger partial charge in [-0.1, -0.05) is 34.1 Å². The Labute approximate surface area is 169 Å². The first-order valence-electron chi connectivity index (χ1n) is 8.91. The number of hydrogen-bond donors (Lipinski definition) is 1. The molecule has 1 saturated heterocycles.